The van der Waals surface area contributed by atoms with Crippen LogP contribution in [0.15, 0.2) is 30.5 Å². The third-order valence-electron chi connectivity index (χ3n) is 3.57. The van der Waals surface area contributed by atoms with Crippen molar-refractivity contribution in [2.75, 3.05) is 5.73 Å². The minimum atomic E-state index is 0.685. The summed E-state index contributed by atoms with van der Waals surface area (Å²) in [5, 5.41) is 0. The van der Waals surface area contributed by atoms with E-state index in [1.165, 1.54) is 31.4 Å². The van der Waals surface area contributed by atoms with E-state index in [9.17, 15) is 0 Å². The number of nitrogens with one attached hydrogen (secondary N) is 1. The molecule has 0 atom stereocenters. The molecular weight excluding hydrogens is 210 g/mol. The predicted octanol–water partition coefficient (Wildman–Crippen LogP) is 3.32. The number of hydrogen-bond donors (Lipinski definition) is 2. The van der Waals surface area contributed by atoms with E-state index in [1.807, 2.05) is 30.5 Å². The topological polar surface area (TPSA) is 54.7 Å². The number of benzene rings is 1. The predicted molar refractivity (Wildman–Crippen MR) is 69.6 cm³/mol. The van der Waals surface area contributed by atoms with Gasteiger partial charge < -0.3 is 10.7 Å². The average molecular weight is 227 g/mol. The molecule has 3 nitrogen and oxygen atoms in total. The first-order valence-electron chi connectivity index (χ1n) is 6.24. The van der Waals surface area contributed by atoms with Gasteiger partial charge in [0, 0.05) is 29.1 Å². The summed E-state index contributed by atoms with van der Waals surface area (Å²) < 4.78 is 0. The first-order chi connectivity index (χ1) is 8.33. The molecule has 1 heterocycles. The maximum Gasteiger partial charge on any atom is 0.137 e. The number of hydrogen-bond acceptors (Lipinski definition) is 2. The largest absolute Gasteiger partial charge is 0.399 e. The van der Waals surface area contributed by atoms with Gasteiger partial charge in [0.15, 0.2) is 0 Å². The van der Waals surface area contributed by atoms with Crippen molar-refractivity contribution in [3.05, 3.63) is 36.2 Å². The molecule has 0 bridgehead atoms. The van der Waals surface area contributed by atoms with Crippen molar-refractivity contribution in [2.24, 2.45) is 0 Å². The molecule has 0 amide bonds. The Labute approximate surface area is 101 Å². The minimum Gasteiger partial charge on any atom is -0.399 e. The number of rotatable bonds is 2. The van der Waals surface area contributed by atoms with E-state index in [0.717, 1.165) is 17.1 Å². The highest BCUT2D eigenvalue weighted by atomic mass is 14.9. The van der Waals surface area contributed by atoms with Gasteiger partial charge in [0.1, 0.15) is 5.82 Å². The highest BCUT2D eigenvalue weighted by Crippen LogP contribution is 2.33. The van der Waals surface area contributed by atoms with Crippen LogP contribution >= 0.6 is 0 Å². The lowest BCUT2D eigenvalue weighted by Gasteiger charge is -2.04. The van der Waals surface area contributed by atoms with Crippen LogP contribution in [-0.2, 0) is 0 Å². The molecule has 0 unspecified atom stereocenters. The van der Waals surface area contributed by atoms with Gasteiger partial charge in [-0.3, -0.25) is 0 Å². The van der Waals surface area contributed by atoms with Crippen LogP contribution in [0.5, 0.6) is 0 Å². The van der Waals surface area contributed by atoms with E-state index in [0.29, 0.717) is 5.92 Å². The number of imidazole rings is 1. The van der Waals surface area contributed by atoms with E-state index in [2.05, 4.69) is 9.97 Å². The molecule has 3 heteroatoms. The van der Waals surface area contributed by atoms with E-state index in [1.54, 1.807) is 0 Å². The van der Waals surface area contributed by atoms with Crippen molar-refractivity contribution in [2.45, 2.75) is 31.6 Å². The molecule has 17 heavy (non-hydrogen) atoms. The van der Waals surface area contributed by atoms with Crippen LogP contribution < -0.4 is 5.73 Å². The molecule has 0 radical (unpaired) electrons. The van der Waals surface area contributed by atoms with Gasteiger partial charge in [0.2, 0.25) is 0 Å². The maximum absolute atomic E-state index is 5.68. The third-order valence-corrected chi connectivity index (χ3v) is 3.57. The van der Waals surface area contributed by atoms with E-state index in [-0.39, 0.29) is 0 Å². The van der Waals surface area contributed by atoms with E-state index < -0.39 is 0 Å². The zero-order chi connectivity index (χ0) is 11.7. The molecule has 1 aromatic carbocycles. The number of H-pyrrole nitrogens is 1. The monoisotopic (exact) mass is 227 g/mol. The second kappa shape index (κ2) is 4.24. The van der Waals surface area contributed by atoms with Crippen LogP contribution in [0.4, 0.5) is 5.69 Å². The summed E-state index contributed by atoms with van der Waals surface area (Å²) in [6, 6.07) is 7.83. The average Bonchev–Trinajstić information content (AvgIpc) is 3.00. The number of nitrogens with zero attached hydrogens (tertiary/aromatic N) is 1. The van der Waals surface area contributed by atoms with Crippen LogP contribution in [0.3, 0.4) is 0 Å². The van der Waals surface area contributed by atoms with Gasteiger partial charge in [-0.1, -0.05) is 12.8 Å². The summed E-state index contributed by atoms with van der Waals surface area (Å²) in [5.41, 5.74) is 8.85. The van der Waals surface area contributed by atoms with Crippen LogP contribution in [0.25, 0.3) is 11.4 Å². The Balaban J connectivity index is 1.86. The molecule has 1 aromatic heterocycles. The van der Waals surface area contributed by atoms with Crippen LogP contribution in [0.2, 0.25) is 0 Å². The fourth-order valence-electron chi connectivity index (χ4n) is 2.57. The molecule has 2 aromatic rings. The summed E-state index contributed by atoms with van der Waals surface area (Å²) in [6.45, 7) is 0. The first kappa shape index (κ1) is 10.4. The normalized spacial score (nSPS) is 16.5. The van der Waals surface area contributed by atoms with Gasteiger partial charge >= 0.3 is 0 Å². The van der Waals surface area contributed by atoms with Gasteiger partial charge in [-0.05, 0) is 37.1 Å². The Morgan fingerprint density at radius 3 is 2.53 bits per heavy atom. The quantitative estimate of drug-likeness (QED) is 0.773. The third kappa shape index (κ3) is 2.05. The molecule has 1 saturated carbocycles. The number of aromatic nitrogens is 2. The molecule has 3 N–H and O–H groups in total. The van der Waals surface area contributed by atoms with Crippen molar-refractivity contribution in [1.29, 1.82) is 0 Å². The molecule has 3 rings (SSSR count). The lowest BCUT2D eigenvalue weighted by molar-refractivity contribution is 0.703. The van der Waals surface area contributed by atoms with Crippen molar-refractivity contribution in [1.82, 2.24) is 9.97 Å². The standard InChI is InChI=1S/C14H17N3/c15-12-7-5-11(6-8-12)14-16-9-13(17-14)10-3-1-2-4-10/h5-10H,1-4,15H2,(H,16,17). The van der Waals surface area contributed by atoms with Crippen molar-refractivity contribution in [3.8, 4) is 11.4 Å². The molecular formula is C14H17N3. The summed E-state index contributed by atoms with van der Waals surface area (Å²) in [6.07, 6.45) is 7.27. The summed E-state index contributed by atoms with van der Waals surface area (Å²) in [4.78, 5) is 7.90. The summed E-state index contributed by atoms with van der Waals surface area (Å²) in [7, 11) is 0. The minimum absolute atomic E-state index is 0.685. The second-order valence-corrected chi connectivity index (χ2v) is 4.79. The molecule has 1 fully saturated rings. The Morgan fingerprint density at radius 1 is 1.12 bits per heavy atom. The van der Waals surface area contributed by atoms with Gasteiger partial charge in [0.05, 0.1) is 0 Å². The van der Waals surface area contributed by atoms with Gasteiger partial charge in [-0.15, -0.1) is 0 Å². The summed E-state index contributed by atoms with van der Waals surface area (Å²) >= 11 is 0. The lowest BCUT2D eigenvalue weighted by Crippen LogP contribution is -1.92. The lowest BCUT2D eigenvalue weighted by atomic mass is 10.1. The SMILES string of the molecule is Nc1ccc(-c2ncc(C3CCCC3)[nH]2)cc1. The van der Waals surface area contributed by atoms with Crippen molar-refractivity contribution in [3.63, 3.8) is 0 Å². The Hall–Kier alpha value is -1.77. The molecule has 0 spiro atoms. The maximum atomic E-state index is 5.68. The number of nitrogens with two attached hydrogens (primary N) is 1. The van der Waals surface area contributed by atoms with E-state index >= 15 is 0 Å². The first-order valence-corrected chi connectivity index (χ1v) is 6.24. The zero-order valence-electron chi connectivity index (χ0n) is 9.82. The molecule has 0 aliphatic heterocycles. The van der Waals surface area contributed by atoms with Crippen molar-refractivity contribution >= 4 is 5.69 Å². The number of nitrogen functional groups attached to an aromatic ring is 1. The van der Waals surface area contributed by atoms with Crippen LogP contribution in [0, 0.1) is 0 Å². The summed E-state index contributed by atoms with van der Waals surface area (Å²) in [5.74, 6) is 1.64. The Kier molecular flexibility index (Phi) is 2.59. The number of anilines is 1. The Morgan fingerprint density at radius 2 is 1.82 bits per heavy atom. The zero-order valence-corrected chi connectivity index (χ0v) is 9.82. The molecule has 88 valence electrons. The highest BCUT2D eigenvalue weighted by molar-refractivity contribution is 5.58. The fourth-order valence-corrected chi connectivity index (χ4v) is 2.57. The van der Waals surface area contributed by atoms with Gasteiger partial charge in [-0.25, -0.2) is 4.98 Å². The molecule has 0 saturated heterocycles. The van der Waals surface area contributed by atoms with Crippen LogP contribution in [-0.4, -0.2) is 9.97 Å². The van der Waals surface area contributed by atoms with Crippen molar-refractivity contribution < 1.29 is 0 Å². The molecule has 1 aliphatic rings. The highest BCUT2D eigenvalue weighted by Gasteiger charge is 2.19. The van der Waals surface area contributed by atoms with E-state index in [4.69, 9.17) is 5.73 Å². The second-order valence-electron chi connectivity index (χ2n) is 4.79. The molecule has 1 aliphatic carbocycles. The van der Waals surface area contributed by atoms with Gasteiger partial charge in [-0.2, -0.15) is 0 Å². The fraction of sp³-hybridized carbons (Fsp3) is 0.357. The smallest absolute Gasteiger partial charge is 0.137 e. The van der Waals surface area contributed by atoms with Gasteiger partial charge in [0.25, 0.3) is 0 Å². The Bertz CT molecular complexity index is 492. The van der Waals surface area contributed by atoms with Crippen LogP contribution in [0.1, 0.15) is 37.3 Å². The number of aromatic amines is 1.